The van der Waals surface area contributed by atoms with Crippen LogP contribution in [0.5, 0.6) is 0 Å². The average Bonchev–Trinajstić information content (AvgIpc) is 2.42. The Kier molecular flexibility index (Phi) is 9.54. The highest BCUT2D eigenvalue weighted by Gasteiger charge is 2.19. The van der Waals surface area contributed by atoms with Crippen molar-refractivity contribution in [2.45, 2.75) is 51.9 Å². The lowest BCUT2D eigenvalue weighted by atomic mass is 9.82. The Morgan fingerprint density at radius 3 is 2.17 bits per heavy atom. The Balaban J connectivity index is 1.84. The molecule has 0 aliphatic heterocycles. The maximum absolute atomic E-state index is 5.72. The molecular weight excluding hydrogens is 222 g/mol. The van der Waals surface area contributed by atoms with Crippen LogP contribution in [0, 0.1) is 11.8 Å². The molecule has 1 saturated carbocycles. The monoisotopic (exact) mass is 255 g/mol. The first kappa shape index (κ1) is 15.9. The molecule has 0 aromatic carbocycles. The molecule has 3 heteroatoms. The van der Waals surface area contributed by atoms with Crippen LogP contribution in [0.2, 0.25) is 0 Å². The maximum atomic E-state index is 5.72. The zero-order valence-electron chi connectivity index (χ0n) is 12.2. The molecule has 0 bridgehead atoms. The molecule has 0 saturated heterocycles. The van der Waals surface area contributed by atoms with Crippen molar-refractivity contribution in [2.24, 2.45) is 17.6 Å². The quantitative estimate of drug-likeness (QED) is 0.524. The summed E-state index contributed by atoms with van der Waals surface area (Å²) in [7, 11) is 0. The van der Waals surface area contributed by atoms with Gasteiger partial charge >= 0.3 is 0 Å². The van der Waals surface area contributed by atoms with Crippen molar-refractivity contribution in [1.29, 1.82) is 0 Å². The fourth-order valence-corrected chi connectivity index (χ4v) is 2.74. The molecule has 0 spiro atoms. The minimum absolute atomic E-state index is 0.809. The molecule has 0 radical (unpaired) electrons. The fraction of sp³-hybridized carbons (Fsp3) is 1.00. The molecule has 3 nitrogen and oxygen atoms in total. The third-order valence-corrected chi connectivity index (χ3v) is 4.15. The van der Waals surface area contributed by atoms with Gasteiger partial charge < -0.3 is 16.4 Å². The number of unbranched alkanes of at least 4 members (excludes halogenated alkanes) is 1. The van der Waals surface area contributed by atoms with E-state index in [9.17, 15) is 0 Å². The van der Waals surface area contributed by atoms with Gasteiger partial charge in [0.25, 0.3) is 0 Å². The lowest BCUT2D eigenvalue weighted by Gasteiger charge is -2.27. The first-order valence-corrected chi connectivity index (χ1v) is 7.98. The fourth-order valence-electron chi connectivity index (χ4n) is 2.74. The minimum Gasteiger partial charge on any atom is -0.330 e. The summed E-state index contributed by atoms with van der Waals surface area (Å²) in [5.74, 6) is 1.71. The van der Waals surface area contributed by atoms with Crippen molar-refractivity contribution in [3.05, 3.63) is 0 Å². The van der Waals surface area contributed by atoms with Crippen LogP contribution in [0.15, 0.2) is 0 Å². The predicted molar refractivity (Wildman–Crippen MR) is 79.8 cm³/mol. The van der Waals surface area contributed by atoms with Crippen LogP contribution in [0.3, 0.4) is 0 Å². The van der Waals surface area contributed by atoms with Gasteiger partial charge in [0, 0.05) is 0 Å². The summed E-state index contributed by atoms with van der Waals surface area (Å²) in [6.07, 6.45) is 9.30. The van der Waals surface area contributed by atoms with Gasteiger partial charge in [-0.15, -0.1) is 0 Å². The topological polar surface area (TPSA) is 50.1 Å². The Labute approximate surface area is 113 Å². The number of rotatable bonds is 10. The summed E-state index contributed by atoms with van der Waals surface area (Å²) < 4.78 is 0. The van der Waals surface area contributed by atoms with E-state index in [0.717, 1.165) is 31.5 Å². The van der Waals surface area contributed by atoms with Crippen molar-refractivity contribution >= 4 is 0 Å². The van der Waals surface area contributed by atoms with Gasteiger partial charge in [0.05, 0.1) is 0 Å². The Bertz CT molecular complexity index is 177. The molecular formula is C15H33N3. The van der Waals surface area contributed by atoms with E-state index in [-0.39, 0.29) is 0 Å². The second kappa shape index (κ2) is 10.8. The van der Waals surface area contributed by atoms with E-state index in [4.69, 9.17) is 5.73 Å². The summed E-state index contributed by atoms with van der Waals surface area (Å²) in [6, 6.07) is 0. The summed E-state index contributed by atoms with van der Waals surface area (Å²) >= 11 is 0. The first-order valence-electron chi connectivity index (χ1n) is 7.98. The molecule has 1 aliphatic carbocycles. The molecule has 0 heterocycles. The summed E-state index contributed by atoms with van der Waals surface area (Å²) in [5.41, 5.74) is 5.72. The average molecular weight is 255 g/mol. The van der Waals surface area contributed by atoms with Gasteiger partial charge in [0.1, 0.15) is 0 Å². The largest absolute Gasteiger partial charge is 0.330 e. The van der Waals surface area contributed by atoms with Gasteiger partial charge in [0.15, 0.2) is 0 Å². The standard InChI is InChI=1S/C15H33N3/c1-2-3-9-17-10-4-11-18-13-15-7-5-14(12-16)6-8-15/h14-15,17-18H,2-13,16H2,1H3. The van der Waals surface area contributed by atoms with Crippen LogP contribution < -0.4 is 16.4 Å². The molecule has 0 aromatic heterocycles. The number of hydrogen-bond acceptors (Lipinski definition) is 3. The van der Waals surface area contributed by atoms with E-state index in [1.807, 2.05) is 0 Å². The second-order valence-electron chi connectivity index (χ2n) is 5.78. The van der Waals surface area contributed by atoms with Gasteiger partial charge in [-0.3, -0.25) is 0 Å². The van der Waals surface area contributed by atoms with Crippen LogP contribution in [0.25, 0.3) is 0 Å². The van der Waals surface area contributed by atoms with Crippen molar-refractivity contribution in [2.75, 3.05) is 32.7 Å². The summed E-state index contributed by atoms with van der Waals surface area (Å²) in [4.78, 5) is 0. The second-order valence-corrected chi connectivity index (χ2v) is 5.78. The smallest absolute Gasteiger partial charge is 0.00205 e. The van der Waals surface area contributed by atoms with Crippen molar-refractivity contribution in [3.63, 3.8) is 0 Å². The van der Waals surface area contributed by atoms with Gasteiger partial charge in [-0.05, 0) is 83.1 Å². The van der Waals surface area contributed by atoms with E-state index in [2.05, 4.69) is 17.6 Å². The molecule has 108 valence electrons. The van der Waals surface area contributed by atoms with Gasteiger partial charge in [-0.2, -0.15) is 0 Å². The molecule has 4 N–H and O–H groups in total. The SMILES string of the molecule is CCCCNCCCNCC1CCC(CN)CC1. The molecule has 1 aliphatic rings. The number of hydrogen-bond donors (Lipinski definition) is 3. The van der Waals surface area contributed by atoms with Crippen LogP contribution in [0.1, 0.15) is 51.9 Å². The minimum atomic E-state index is 0.809. The van der Waals surface area contributed by atoms with Gasteiger partial charge in [-0.25, -0.2) is 0 Å². The van der Waals surface area contributed by atoms with E-state index in [1.54, 1.807) is 0 Å². The maximum Gasteiger partial charge on any atom is -0.00205 e. The zero-order chi connectivity index (χ0) is 13.1. The molecule has 0 atom stereocenters. The molecule has 1 fully saturated rings. The van der Waals surface area contributed by atoms with Crippen LogP contribution in [0.4, 0.5) is 0 Å². The molecule has 1 rings (SSSR count). The van der Waals surface area contributed by atoms with E-state index < -0.39 is 0 Å². The lowest BCUT2D eigenvalue weighted by molar-refractivity contribution is 0.272. The lowest BCUT2D eigenvalue weighted by Crippen LogP contribution is -2.30. The van der Waals surface area contributed by atoms with Crippen molar-refractivity contribution in [3.8, 4) is 0 Å². The van der Waals surface area contributed by atoms with Crippen molar-refractivity contribution in [1.82, 2.24) is 10.6 Å². The highest BCUT2D eigenvalue weighted by atomic mass is 14.9. The Morgan fingerprint density at radius 1 is 0.889 bits per heavy atom. The Morgan fingerprint density at radius 2 is 1.50 bits per heavy atom. The van der Waals surface area contributed by atoms with E-state index in [1.165, 1.54) is 58.0 Å². The van der Waals surface area contributed by atoms with Gasteiger partial charge in [-0.1, -0.05) is 13.3 Å². The highest BCUT2D eigenvalue weighted by Crippen LogP contribution is 2.27. The summed E-state index contributed by atoms with van der Waals surface area (Å²) in [5, 5.41) is 7.09. The first-order chi connectivity index (χ1) is 8.86. The number of nitrogens with two attached hydrogens (primary N) is 1. The third-order valence-electron chi connectivity index (χ3n) is 4.15. The van der Waals surface area contributed by atoms with Crippen LogP contribution in [-0.4, -0.2) is 32.7 Å². The molecule has 0 aromatic rings. The van der Waals surface area contributed by atoms with Crippen LogP contribution in [-0.2, 0) is 0 Å². The predicted octanol–water partition coefficient (Wildman–Crippen LogP) is 2.12. The normalized spacial score (nSPS) is 24.3. The Hall–Kier alpha value is -0.120. The molecule has 18 heavy (non-hydrogen) atoms. The summed E-state index contributed by atoms with van der Waals surface area (Å²) in [6.45, 7) is 7.85. The highest BCUT2D eigenvalue weighted by molar-refractivity contribution is 4.74. The third kappa shape index (κ3) is 7.34. The van der Waals surface area contributed by atoms with Crippen LogP contribution >= 0.6 is 0 Å². The van der Waals surface area contributed by atoms with Crippen molar-refractivity contribution < 1.29 is 0 Å². The molecule has 0 amide bonds. The zero-order valence-corrected chi connectivity index (χ0v) is 12.2. The van der Waals surface area contributed by atoms with E-state index in [0.29, 0.717) is 0 Å². The van der Waals surface area contributed by atoms with E-state index >= 15 is 0 Å². The van der Waals surface area contributed by atoms with Gasteiger partial charge in [0.2, 0.25) is 0 Å². The number of nitrogens with one attached hydrogen (secondary N) is 2. The molecule has 0 unspecified atom stereocenters.